The van der Waals surface area contributed by atoms with E-state index >= 15 is 0 Å². The summed E-state index contributed by atoms with van der Waals surface area (Å²) in [6.45, 7) is 0.546. The van der Waals surface area contributed by atoms with Gasteiger partial charge in [-0.3, -0.25) is 0 Å². The van der Waals surface area contributed by atoms with Crippen molar-refractivity contribution in [2.45, 2.75) is 13.0 Å². The quantitative estimate of drug-likeness (QED) is 0.729. The maximum atomic E-state index is 8.82. The minimum atomic E-state index is 0.405. The second kappa shape index (κ2) is 5.50. The Hall–Kier alpha value is -2.73. The SMILES string of the molecule is N#[13C][13CH2]c1[13cH][nH]c2ccc(OCc3ccccc3)cc12. The molecule has 20 heavy (non-hydrogen) atoms. The van der Waals surface area contributed by atoms with Gasteiger partial charge in [0.25, 0.3) is 0 Å². The highest BCUT2D eigenvalue weighted by Crippen LogP contribution is 2.24. The standard InChI is InChI=1S/C17H14N2O/c18-9-8-14-11-19-17-7-6-15(10-16(14)17)20-12-13-4-2-1-3-5-13/h1-7,10-11,19H,8,12H2/i8+1,9+1,11+1. The second-order valence-electron chi connectivity index (χ2n) is 4.63. The summed E-state index contributed by atoms with van der Waals surface area (Å²) in [4.78, 5) is 3.17. The smallest absolute Gasteiger partial charge is 0.120 e. The highest BCUT2D eigenvalue weighted by Gasteiger charge is 2.05. The number of hydrogen-bond acceptors (Lipinski definition) is 2. The maximum absolute atomic E-state index is 8.82. The van der Waals surface area contributed by atoms with Crippen molar-refractivity contribution in [3.05, 3.63) is 65.9 Å². The van der Waals surface area contributed by atoms with Crippen molar-refractivity contribution in [1.29, 1.82) is 5.26 Å². The van der Waals surface area contributed by atoms with E-state index in [4.69, 9.17) is 10.00 Å². The molecule has 0 unspecified atom stereocenters. The molecule has 0 radical (unpaired) electrons. The molecule has 0 saturated carbocycles. The molecular weight excluding hydrogens is 251 g/mol. The molecule has 0 aliphatic heterocycles. The zero-order valence-corrected chi connectivity index (χ0v) is 11.0. The van der Waals surface area contributed by atoms with Gasteiger partial charge < -0.3 is 9.72 Å². The van der Waals surface area contributed by atoms with E-state index < -0.39 is 0 Å². The first-order valence-electron chi connectivity index (χ1n) is 6.50. The van der Waals surface area contributed by atoms with Crippen LogP contribution in [0.5, 0.6) is 5.75 Å². The van der Waals surface area contributed by atoms with Gasteiger partial charge >= 0.3 is 0 Å². The van der Waals surface area contributed by atoms with Crippen molar-refractivity contribution < 1.29 is 4.74 Å². The fraction of sp³-hybridized carbons (Fsp3) is 0.118. The van der Waals surface area contributed by atoms with Gasteiger partial charge in [-0.25, -0.2) is 0 Å². The van der Waals surface area contributed by atoms with E-state index in [-0.39, 0.29) is 0 Å². The van der Waals surface area contributed by atoms with E-state index in [1.54, 1.807) is 0 Å². The number of fused-ring (bicyclic) bond motifs is 1. The van der Waals surface area contributed by atoms with Crippen LogP contribution in [0.25, 0.3) is 10.9 Å². The molecule has 1 N–H and O–H groups in total. The summed E-state index contributed by atoms with van der Waals surface area (Å²) in [6.07, 6.45) is 2.29. The minimum Gasteiger partial charge on any atom is -0.489 e. The Balaban J connectivity index is 1.82. The number of aromatic amines is 1. The Morgan fingerprint density at radius 2 is 1.95 bits per heavy atom. The van der Waals surface area contributed by atoms with E-state index in [1.807, 2.05) is 54.7 Å². The molecule has 1 aromatic heterocycles. The van der Waals surface area contributed by atoms with Gasteiger partial charge in [-0.15, -0.1) is 0 Å². The molecule has 0 amide bonds. The number of nitriles is 1. The molecule has 3 aromatic rings. The first kappa shape index (κ1) is 12.3. The molecule has 0 spiro atoms. The van der Waals surface area contributed by atoms with Gasteiger partial charge in [0.05, 0.1) is 12.5 Å². The molecule has 3 rings (SSSR count). The molecule has 0 fully saturated rings. The van der Waals surface area contributed by atoms with Crippen LogP contribution in [0.4, 0.5) is 0 Å². The first-order chi connectivity index (χ1) is 9.86. The summed E-state index contributed by atoms with van der Waals surface area (Å²) < 4.78 is 5.81. The number of hydrogen-bond donors (Lipinski definition) is 1. The molecule has 98 valence electrons. The van der Waals surface area contributed by atoms with Crippen molar-refractivity contribution in [2.24, 2.45) is 0 Å². The lowest BCUT2D eigenvalue weighted by Gasteiger charge is -2.06. The number of aromatic nitrogens is 1. The van der Waals surface area contributed by atoms with Crippen LogP contribution < -0.4 is 4.74 Å². The minimum absolute atomic E-state index is 0.405. The van der Waals surface area contributed by atoms with Crippen molar-refractivity contribution in [2.75, 3.05) is 0 Å². The second-order valence-corrected chi connectivity index (χ2v) is 4.63. The molecule has 0 atom stereocenters. The van der Waals surface area contributed by atoms with Gasteiger partial charge in [0.15, 0.2) is 0 Å². The van der Waals surface area contributed by atoms with Gasteiger partial charge in [0.2, 0.25) is 0 Å². The number of benzene rings is 2. The average Bonchev–Trinajstić information content (AvgIpc) is 2.89. The molecule has 1 heterocycles. The predicted molar refractivity (Wildman–Crippen MR) is 78.4 cm³/mol. The summed E-state index contributed by atoms with van der Waals surface area (Å²) in [6, 6.07) is 18.2. The highest BCUT2D eigenvalue weighted by atomic mass is 16.5. The van der Waals surface area contributed by atoms with E-state index in [1.165, 1.54) is 0 Å². The Bertz CT molecular complexity index is 754. The van der Waals surface area contributed by atoms with Gasteiger partial charge in [0.1, 0.15) is 12.4 Å². The lowest BCUT2D eigenvalue weighted by Crippen LogP contribution is -1.94. The molecule has 0 aliphatic carbocycles. The summed E-state index contributed by atoms with van der Waals surface area (Å²) in [5, 5.41) is 9.88. The van der Waals surface area contributed by atoms with Crippen LogP contribution in [-0.2, 0) is 13.0 Å². The van der Waals surface area contributed by atoms with E-state index in [0.717, 1.165) is 27.8 Å². The van der Waals surface area contributed by atoms with Crippen LogP contribution in [0.15, 0.2) is 54.7 Å². The van der Waals surface area contributed by atoms with Crippen LogP contribution in [0.2, 0.25) is 0 Å². The fourth-order valence-electron chi connectivity index (χ4n) is 2.22. The van der Waals surface area contributed by atoms with Gasteiger partial charge in [0, 0.05) is 17.1 Å². The first-order valence-corrected chi connectivity index (χ1v) is 6.50. The zero-order valence-electron chi connectivity index (χ0n) is 11.0. The molecule has 2 aromatic carbocycles. The number of nitrogens with one attached hydrogen (secondary N) is 1. The number of H-pyrrole nitrogens is 1. The van der Waals surface area contributed by atoms with Crippen LogP contribution in [-0.4, -0.2) is 4.98 Å². The summed E-state index contributed by atoms with van der Waals surface area (Å²) in [7, 11) is 0. The van der Waals surface area contributed by atoms with Crippen molar-refractivity contribution in [1.82, 2.24) is 4.98 Å². The van der Waals surface area contributed by atoms with Crippen LogP contribution in [0, 0.1) is 11.3 Å². The Kier molecular flexibility index (Phi) is 3.38. The molecular formula is C17H14N2O. The van der Waals surface area contributed by atoms with E-state index in [0.29, 0.717) is 13.0 Å². The lowest BCUT2D eigenvalue weighted by atomic mass is 10.2. The largest absolute Gasteiger partial charge is 0.489 e. The summed E-state index contributed by atoms with van der Waals surface area (Å²) in [5.41, 5.74) is 3.17. The van der Waals surface area contributed by atoms with Gasteiger partial charge in [-0.05, 0) is 29.3 Å². The summed E-state index contributed by atoms with van der Waals surface area (Å²) >= 11 is 0. The van der Waals surface area contributed by atoms with Gasteiger partial charge in [-0.1, -0.05) is 30.3 Å². The van der Waals surface area contributed by atoms with Crippen molar-refractivity contribution >= 4 is 10.9 Å². The topological polar surface area (TPSA) is 48.8 Å². The average molecular weight is 265 g/mol. The molecule has 0 saturated heterocycles. The Morgan fingerprint density at radius 1 is 1.10 bits per heavy atom. The number of rotatable bonds is 4. The maximum Gasteiger partial charge on any atom is 0.120 e. The Morgan fingerprint density at radius 3 is 2.75 bits per heavy atom. The van der Waals surface area contributed by atoms with Crippen molar-refractivity contribution in [3.63, 3.8) is 0 Å². The molecule has 0 aliphatic rings. The van der Waals surface area contributed by atoms with Crippen LogP contribution in [0.1, 0.15) is 11.1 Å². The third-order valence-electron chi connectivity index (χ3n) is 3.26. The third-order valence-corrected chi connectivity index (χ3v) is 3.26. The molecule has 3 nitrogen and oxygen atoms in total. The zero-order chi connectivity index (χ0) is 13.8. The highest BCUT2D eigenvalue weighted by molar-refractivity contribution is 5.84. The van der Waals surface area contributed by atoms with Crippen molar-refractivity contribution in [3.8, 4) is 11.8 Å². The molecule has 0 bridgehead atoms. The monoisotopic (exact) mass is 265 g/mol. The van der Waals surface area contributed by atoms with E-state index in [2.05, 4.69) is 11.1 Å². The Labute approximate surface area is 117 Å². The third kappa shape index (κ3) is 2.50. The number of ether oxygens (including phenoxy) is 1. The molecule has 3 heteroatoms. The lowest BCUT2D eigenvalue weighted by molar-refractivity contribution is 0.306. The van der Waals surface area contributed by atoms with E-state index in [9.17, 15) is 0 Å². The summed E-state index contributed by atoms with van der Waals surface area (Å²) in [5.74, 6) is 0.820. The predicted octanol–water partition coefficient (Wildman–Crippen LogP) is 3.81. The van der Waals surface area contributed by atoms with Crippen LogP contribution in [0.3, 0.4) is 0 Å². The van der Waals surface area contributed by atoms with Crippen LogP contribution >= 0.6 is 0 Å². The fourth-order valence-corrected chi connectivity index (χ4v) is 2.22. The van der Waals surface area contributed by atoms with Gasteiger partial charge in [-0.2, -0.15) is 5.26 Å². The number of nitrogens with zero attached hydrogens (tertiary/aromatic N) is 1. The normalized spacial score (nSPS) is 10.3.